The summed E-state index contributed by atoms with van der Waals surface area (Å²) in [5, 5.41) is 0.647. The number of carbonyl (C=O) groups is 3. The normalized spacial score (nSPS) is 18.3. The van der Waals surface area contributed by atoms with Gasteiger partial charge in [-0.25, -0.2) is 4.39 Å². The van der Waals surface area contributed by atoms with Crippen molar-refractivity contribution in [3.8, 4) is 0 Å². The summed E-state index contributed by atoms with van der Waals surface area (Å²) in [5.41, 5.74) is 3.33. The number of hydrogen-bond acceptors (Lipinski definition) is 4. The maximum atomic E-state index is 13.9. The maximum Gasteiger partial charge on any atom is 0.294 e. The first-order valence-corrected chi connectivity index (χ1v) is 12.9. The van der Waals surface area contributed by atoms with E-state index in [9.17, 15) is 18.8 Å². The highest BCUT2D eigenvalue weighted by molar-refractivity contribution is 6.43. The highest BCUT2D eigenvalue weighted by atomic mass is 19.1. The quantitative estimate of drug-likeness (QED) is 0.381. The number of aryl methyl sites for hydroxylation is 1. The fourth-order valence-electron chi connectivity index (χ4n) is 5.19. The number of ketones is 1. The third kappa shape index (κ3) is 5.30. The summed E-state index contributed by atoms with van der Waals surface area (Å²) in [4.78, 5) is 48.4. The van der Waals surface area contributed by atoms with Crippen LogP contribution in [0.5, 0.6) is 0 Å². The summed E-state index contributed by atoms with van der Waals surface area (Å²) in [6, 6.07) is 11.7. The summed E-state index contributed by atoms with van der Waals surface area (Å²) >= 11 is 0. The Morgan fingerprint density at radius 1 is 1.00 bits per heavy atom. The minimum Gasteiger partial charge on any atom is -0.358 e. The zero-order valence-electron chi connectivity index (χ0n) is 22.2. The Balaban J connectivity index is 1.57. The second kappa shape index (κ2) is 10.8. The van der Waals surface area contributed by atoms with E-state index in [1.54, 1.807) is 30.3 Å². The number of likely N-dealkylation sites (N-methyl/N-ethyl adjacent to an activating group) is 1. The minimum absolute atomic E-state index is 0.0393. The average Bonchev–Trinajstić information content (AvgIpc) is 3.21. The van der Waals surface area contributed by atoms with Crippen LogP contribution in [0.15, 0.2) is 42.5 Å². The van der Waals surface area contributed by atoms with E-state index in [0.717, 1.165) is 16.8 Å². The van der Waals surface area contributed by atoms with Crippen LogP contribution in [0.3, 0.4) is 0 Å². The topological polar surface area (TPSA) is 76.7 Å². The number of benzene rings is 2. The number of carbonyl (C=O) groups excluding carboxylic acids is 3. The number of aromatic amines is 1. The molecule has 7 nitrogen and oxygen atoms in total. The van der Waals surface area contributed by atoms with Gasteiger partial charge in [0, 0.05) is 67.0 Å². The average molecular weight is 507 g/mol. The van der Waals surface area contributed by atoms with Crippen molar-refractivity contribution >= 4 is 28.5 Å². The largest absolute Gasteiger partial charge is 0.358 e. The fourth-order valence-corrected chi connectivity index (χ4v) is 5.19. The predicted octanol–water partition coefficient (Wildman–Crippen LogP) is 4.40. The molecule has 1 aliphatic rings. The zero-order valence-corrected chi connectivity index (χ0v) is 22.2. The third-order valence-electron chi connectivity index (χ3n) is 7.38. The van der Waals surface area contributed by atoms with Gasteiger partial charge in [0.25, 0.3) is 11.8 Å². The van der Waals surface area contributed by atoms with Crippen LogP contribution in [-0.2, 0) is 11.3 Å². The van der Waals surface area contributed by atoms with Gasteiger partial charge in [-0.15, -0.1) is 0 Å². The molecule has 1 aliphatic heterocycles. The number of nitrogens with zero attached hydrogens (tertiary/aromatic N) is 3. The summed E-state index contributed by atoms with van der Waals surface area (Å²) in [7, 11) is 0. The van der Waals surface area contributed by atoms with E-state index in [-0.39, 0.29) is 29.4 Å². The Labute approximate surface area is 217 Å². The van der Waals surface area contributed by atoms with E-state index in [1.165, 1.54) is 17.0 Å². The van der Waals surface area contributed by atoms with Gasteiger partial charge in [0.1, 0.15) is 5.82 Å². The van der Waals surface area contributed by atoms with Crippen LogP contribution in [0.2, 0.25) is 0 Å². The maximum absolute atomic E-state index is 13.9. The van der Waals surface area contributed by atoms with Crippen molar-refractivity contribution in [1.29, 1.82) is 0 Å². The molecule has 0 unspecified atom stereocenters. The number of aromatic nitrogens is 1. The van der Waals surface area contributed by atoms with Crippen LogP contribution in [0.1, 0.15) is 59.7 Å². The van der Waals surface area contributed by atoms with E-state index in [0.29, 0.717) is 43.7 Å². The van der Waals surface area contributed by atoms with Crippen molar-refractivity contribution in [2.24, 2.45) is 0 Å². The van der Waals surface area contributed by atoms with Crippen LogP contribution in [0.4, 0.5) is 4.39 Å². The van der Waals surface area contributed by atoms with E-state index in [1.807, 2.05) is 32.6 Å². The summed E-state index contributed by atoms with van der Waals surface area (Å²) in [6.45, 7) is 12.5. The Hall–Kier alpha value is -3.52. The van der Waals surface area contributed by atoms with Gasteiger partial charge < -0.3 is 14.8 Å². The molecule has 3 aromatic rings. The molecule has 2 atom stereocenters. The number of rotatable bonds is 7. The SMILES string of the molecule is CCN(CC)C(=O)C(=O)c1ccc2[nH]c(C)c(C(=O)N3C[C@H](C)N(Cc4ccc(F)cc4)C[C@H]3C)c2c1. The first-order valence-electron chi connectivity index (χ1n) is 12.9. The molecule has 8 heteroatoms. The van der Waals surface area contributed by atoms with Gasteiger partial charge in [0.2, 0.25) is 5.78 Å². The van der Waals surface area contributed by atoms with Gasteiger partial charge >= 0.3 is 0 Å². The molecular formula is C29H35FN4O3. The van der Waals surface area contributed by atoms with E-state index in [2.05, 4.69) is 16.8 Å². The molecule has 1 saturated heterocycles. The van der Waals surface area contributed by atoms with Crippen LogP contribution in [0.25, 0.3) is 10.9 Å². The Bertz CT molecular complexity index is 1310. The Morgan fingerprint density at radius 3 is 2.32 bits per heavy atom. The smallest absolute Gasteiger partial charge is 0.294 e. The first-order chi connectivity index (χ1) is 17.6. The van der Waals surface area contributed by atoms with Gasteiger partial charge in [0.05, 0.1) is 5.56 Å². The molecule has 196 valence electrons. The van der Waals surface area contributed by atoms with Crippen molar-refractivity contribution in [2.45, 2.75) is 53.2 Å². The minimum atomic E-state index is -0.570. The van der Waals surface area contributed by atoms with Crippen molar-refractivity contribution in [1.82, 2.24) is 19.7 Å². The number of amides is 2. The van der Waals surface area contributed by atoms with Crippen LogP contribution >= 0.6 is 0 Å². The summed E-state index contributed by atoms with van der Waals surface area (Å²) in [5.74, 6) is -1.45. The molecule has 2 heterocycles. The lowest BCUT2D eigenvalue weighted by Gasteiger charge is -2.44. The third-order valence-corrected chi connectivity index (χ3v) is 7.38. The van der Waals surface area contributed by atoms with Gasteiger partial charge in [-0.2, -0.15) is 0 Å². The highest BCUT2D eigenvalue weighted by Gasteiger charge is 2.34. The lowest BCUT2D eigenvalue weighted by atomic mass is 10.0. The fraction of sp³-hybridized carbons (Fsp3) is 0.414. The molecule has 0 saturated carbocycles. The number of nitrogens with one attached hydrogen (secondary N) is 1. The van der Waals surface area contributed by atoms with Gasteiger partial charge in [0.15, 0.2) is 0 Å². The standard InChI is InChI=1S/C29H35FN4O3/c1-6-32(7-2)29(37)27(35)22-10-13-25-24(14-22)26(20(5)31-25)28(36)34-16-18(3)33(15-19(34)4)17-21-8-11-23(30)12-9-21/h8-14,18-19,31H,6-7,15-17H2,1-5H3/t18-,19+/m0/s1. The number of H-pyrrole nitrogens is 1. The Kier molecular flexibility index (Phi) is 7.78. The molecule has 1 fully saturated rings. The molecule has 1 aromatic heterocycles. The molecular weight excluding hydrogens is 471 g/mol. The van der Waals surface area contributed by atoms with Gasteiger partial charge in [-0.3, -0.25) is 19.3 Å². The molecule has 1 N–H and O–H groups in total. The van der Waals surface area contributed by atoms with E-state index >= 15 is 0 Å². The molecule has 37 heavy (non-hydrogen) atoms. The molecule has 4 rings (SSSR count). The van der Waals surface area contributed by atoms with Crippen LogP contribution in [-0.4, -0.2) is 75.5 Å². The lowest BCUT2D eigenvalue weighted by molar-refractivity contribution is -0.126. The number of hydrogen-bond donors (Lipinski definition) is 1. The van der Waals surface area contributed by atoms with Gasteiger partial charge in [-0.1, -0.05) is 12.1 Å². The second-order valence-corrected chi connectivity index (χ2v) is 9.90. The number of piperazine rings is 1. The number of Topliss-reactive ketones (excluding diaryl/α,β-unsaturated/α-hetero) is 1. The first kappa shape index (κ1) is 26.5. The van der Waals surface area contributed by atoms with Crippen LogP contribution < -0.4 is 0 Å². The van der Waals surface area contributed by atoms with Crippen molar-refractivity contribution in [3.05, 3.63) is 70.7 Å². The van der Waals surface area contributed by atoms with Gasteiger partial charge in [-0.05, 0) is 70.5 Å². The number of fused-ring (bicyclic) bond motifs is 1. The molecule has 0 bridgehead atoms. The molecule has 0 spiro atoms. The molecule has 0 aliphatic carbocycles. The molecule has 2 aromatic carbocycles. The van der Waals surface area contributed by atoms with E-state index < -0.39 is 11.7 Å². The van der Waals surface area contributed by atoms with Crippen LogP contribution in [0, 0.1) is 12.7 Å². The second-order valence-electron chi connectivity index (χ2n) is 9.90. The number of halogens is 1. The highest BCUT2D eigenvalue weighted by Crippen LogP contribution is 2.28. The zero-order chi connectivity index (χ0) is 26.9. The van der Waals surface area contributed by atoms with E-state index in [4.69, 9.17) is 0 Å². The summed E-state index contributed by atoms with van der Waals surface area (Å²) < 4.78 is 13.3. The molecule has 2 amide bonds. The Morgan fingerprint density at radius 2 is 1.68 bits per heavy atom. The summed E-state index contributed by atoms with van der Waals surface area (Å²) in [6.07, 6.45) is 0. The predicted molar refractivity (Wildman–Crippen MR) is 142 cm³/mol. The van der Waals surface area contributed by atoms with Crippen molar-refractivity contribution in [2.75, 3.05) is 26.2 Å². The lowest BCUT2D eigenvalue weighted by Crippen LogP contribution is -2.57. The molecule has 0 radical (unpaired) electrons. The monoisotopic (exact) mass is 506 g/mol. The van der Waals surface area contributed by atoms with Crippen molar-refractivity contribution < 1.29 is 18.8 Å². The van der Waals surface area contributed by atoms with Crippen molar-refractivity contribution in [3.63, 3.8) is 0 Å².